The van der Waals surface area contributed by atoms with Crippen molar-refractivity contribution in [3.63, 3.8) is 0 Å². The van der Waals surface area contributed by atoms with E-state index in [1.54, 1.807) is 6.07 Å². The minimum Gasteiger partial charge on any atom is -0.492 e. The number of hydrogen-bond acceptors (Lipinski definition) is 4. The van der Waals surface area contributed by atoms with Gasteiger partial charge in [-0.3, -0.25) is 0 Å². The van der Waals surface area contributed by atoms with E-state index in [0.29, 0.717) is 24.3 Å². The number of benzene rings is 1. The molecular weight excluding hydrogens is 280 g/mol. The minimum atomic E-state index is -3.41. The van der Waals surface area contributed by atoms with Crippen LogP contribution >= 0.6 is 0 Å². The fourth-order valence-corrected chi connectivity index (χ4v) is 4.25. The maximum atomic E-state index is 12.3. The average molecular weight is 296 g/mol. The first-order chi connectivity index (χ1) is 9.47. The van der Waals surface area contributed by atoms with Gasteiger partial charge >= 0.3 is 5.97 Å². The number of carboxylic acid groups (broad SMARTS) is 1. The van der Waals surface area contributed by atoms with Gasteiger partial charge in [-0.25, -0.2) is 13.2 Å². The van der Waals surface area contributed by atoms with E-state index in [0.717, 1.165) is 19.3 Å². The molecule has 3 rings (SSSR count). The number of ether oxygens (including phenoxy) is 1. The summed E-state index contributed by atoms with van der Waals surface area (Å²) in [5.74, 6) is -0.465. The highest BCUT2D eigenvalue weighted by molar-refractivity contribution is 7.91. The summed E-state index contributed by atoms with van der Waals surface area (Å²) >= 11 is 0. The van der Waals surface area contributed by atoms with Crippen LogP contribution in [0, 0.1) is 5.92 Å². The molecule has 108 valence electrons. The van der Waals surface area contributed by atoms with E-state index < -0.39 is 15.8 Å². The molecule has 0 spiro atoms. The van der Waals surface area contributed by atoms with Gasteiger partial charge in [-0.05, 0) is 49.3 Å². The SMILES string of the molecule is O=C(O)c1cc(S(=O)(=O)CC2CC2)cc2c1OCCC2. The Bertz CT molecular complexity index is 658. The Hall–Kier alpha value is -1.56. The Morgan fingerprint density at radius 1 is 1.35 bits per heavy atom. The number of aryl methyl sites for hydroxylation is 1. The van der Waals surface area contributed by atoms with Crippen LogP contribution in [0.1, 0.15) is 35.2 Å². The Morgan fingerprint density at radius 3 is 2.75 bits per heavy atom. The van der Waals surface area contributed by atoms with Crippen LogP contribution in [0.15, 0.2) is 17.0 Å². The Morgan fingerprint density at radius 2 is 2.10 bits per heavy atom. The third kappa shape index (κ3) is 2.52. The van der Waals surface area contributed by atoms with E-state index in [4.69, 9.17) is 4.74 Å². The van der Waals surface area contributed by atoms with E-state index >= 15 is 0 Å². The van der Waals surface area contributed by atoms with Crippen LogP contribution in [0.2, 0.25) is 0 Å². The molecule has 0 aromatic heterocycles. The van der Waals surface area contributed by atoms with E-state index in [9.17, 15) is 18.3 Å². The van der Waals surface area contributed by atoms with Crippen molar-refractivity contribution in [1.82, 2.24) is 0 Å². The highest BCUT2D eigenvalue weighted by atomic mass is 32.2. The molecule has 0 bridgehead atoms. The van der Waals surface area contributed by atoms with E-state index in [1.165, 1.54) is 6.07 Å². The third-order valence-corrected chi connectivity index (χ3v) is 5.58. The largest absolute Gasteiger partial charge is 0.492 e. The Labute approximate surface area is 117 Å². The van der Waals surface area contributed by atoms with Gasteiger partial charge < -0.3 is 9.84 Å². The topological polar surface area (TPSA) is 80.7 Å². The second-order valence-electron chi connectivity index (χ2n) is 5.44. The van der Waals surface area contributed by atoms with Gasteiger partial charge in [0.25, 0.3) is 0 Å². The summed E-state index contributed by atoms with van der Waals surface area (Å²) in [7, 11) is -3.41. The first kappa shape index (κ1) is 13.4. The maximum absolute atomic E-state index is 12.3. The van der Waals surface area contributed by atoms with Gasteiger partial charge in [0, 0.05) is 0 Å². The second kappa shape index (κ2) is 4.77. The highest BCUT2D eigenvalue weighted by Gasteiger charge is 2.31. The zero-order valence-corrected chi connectivity index (χ0v) is 11.8. The minimum absolute atomic E-state index is 0.0448. The summed E-state index contributed by atoms with van der Waals surface area (Å²) in [6, 6.07) is 2.82. The fraction of sp³-hybridized carbons (Fsp3) is 0.500. The van der Waals surface area contributed by atoms with Crippen LogP contribution in [0.3, 0.4) is 0 Å². The molecule has 0 saturated heterocycles. The van der Waals surface area contributed by atoms with Crippen molar-refractivity contribution in [2.75, 3.05) is 12.4 Å². The predicted octanol–water partition coefficient (Wildman–Crippen LogP) is 1.89. The lowest BCUT2D eigenvalue weighted by Crippen LogP contribution is -2.16. The van der Waals surface area contributed by atoms with Crippen LogP contribution in [0.25, 0.3) is 0 Å². The van der Waals surface area contributed by atoms with Crippen molar-refractivity contribution in [3.8, 4) is 5.75 Å². The smallest absolute Gasteiger partial charge is 0.339 e. The van der Waals surface area contributed by atoms with Gasteiger partial charge in [0.15, 0.2) is 9.84 Å². The normalized spacial score (nSPS) is 18.2. The molecule has 1 aliphatic heterocycles. The van der Waals surface area contributed by atoms with Gasteiger partial charge in [-0.1, -0.05) is 0 Å². The fourth-order valence-electron chi connectivity index (χ4n) is 2.48. The van der Waals surface area contributed by atoms with Gasteiger partial charge in [0.05, 0.1) is 17.3 Å². The van der Waals surface area contributed by atoms with Crippen LogP contribution in [-0.2, 0) is 16.3 Å². The first-order valence-corrected chi connectivity index (χ1v) is 8.38. The number of carbonyl (C=O) groups is 1. The molecule has 2 aliphatic rings. The van der Waals surface area contributed by atoms with E-state index in [2.05, 4.69) is 0 Å². The monoisotopic (exact) mass is 296 g/mol. The Kier molecular flexibility index (Phi) is 3.20. The summed E-state index contributed by atoms with van der Waals surface area (Å²) in [5.41, 5.74) is 0.641. The summed E-state index contributed by atoms with van der Waals surface area (Å²) in [6.45, 7) is 0.474. The zero-order chi connectivity index (χ0) is 14.3. The number of fused-ring (bicyclic) bond motifs is 1. The predicted molar refractivity (Wildman–Crippen MR) is 72.0 cm³/mol. The molecule has 0 unspecified atom stereocenters. The van der Waals surface area contributed by atoms with E-state index in [-0.39, 0.29) is 22.1 Å². The Balaban J connectivity index is 2.07. The van der Waals surface area contributed by atoms with Crippen molar-refractivity contribution in [1.29, 1.82) is 0 Å². The summed E-state index contributed by atoms with van der Waals surface area (Å²) < 4.78 is 30.0. The van der Waals surface area contributed by atoms with Crippen molar-refractivity contribution in [2.24, 2.45) is 5.92 Å². The number of rotatable bonds is 4. The zero-order valence-electron chi connectivity index (χ0n) is 11.0. The molecule has 1 aromatic carbocycles. The van der Waals surface area contributed by atoms with E-state index in [1.807, 2.05) is 0 Å². The lowest BCUT2D eigenvalue weighted by atomic mass is 10.0. The van der Waals surface area contributed by atoms with Crippen molar-refractivity contribution in [3.05, 3.63) is 23.3 Å². The van der Waals surface area contributed by atoms with Crippen LogP contribution in [-0.4, -0.2) is 31.9 Å². The average Bonchev–Trinajstić information content (AvgIpc) is 3.20. The van der Waals surface area contributed by atoms with Gasteiger partial charge in [0.1, 0.15) is 11.3 Å². The number of carboxylic acids is 1. The maximum Gasteiger partial charge on any atom is 0.339 e. The summed E-state index contributed by atoms with van der Waals surface area (Å²) in [6.07, 6.45) is 3.32. The highest BCUT2D eigenvalue weighted by Crippen LogP contribution is 2.35. The van der Waals surface area contributed by atoms with Crippen molar-refractivity contribution < 1.29 is 23.1 Å². The molecular formula is C14H16O5S. The van der Waals surface area contributed by atoms with Crippen molar-refractivity contribution >= 4 is 15.8 Å². The molecule has 0 radical (unpaired) electrons. The quantitative estimate of drug-likeness (QED) is 0.917. The molecule has 6 heteroatoms. The van der Waals surface area contributed by atoms with Gasteiger partial charge in [-0.2, -0.15) is 0 Å². The van der Waals surface area contributed by atoms with Gasteiger partial charge in [0.2, 0.25) is 0 Å². The first-order valence-electron chi connectivity index (χ1n) is 6.73. The second-order valence-corrected chi connectivity index (χ2v) is 7.48. The molecule has 1 heterocycles. The molecule has 1 aliphatic carbocycles. The molecule has 1 saturated carbocycles. The molecule has 20 heavy (non-hydrogen) atoms. The third-order valence-electron chi connectivity index (χ3n) is 3.72. The number of aromatic carboxylic acids is 1. The van der Waals surface area contributed by atoms with Gasteiger partial charge in [-0.15, -0.1) is 0 Å². The molecule has 5 nitrogen and oxygen atoms in total. The molecule has 0 atom stereocenters. The van der Waals surface area contributed by atoms with Crippen LogP contribution in [0.5, 0.6) is 5.75 Å². The summed E-state index contributed by atoms with van der Waals surface area (Å²) in [4.78, 5) is 11.4. The number of sulfone groups is 1. The number of hydrogen-bond donors (Lipinski definition) is 1. The standard InChI is InChI=1S/C14H16O5S/c15-14(16)12-7-11(20(17,18)8-9-3-4-9)6-10-2-1-5-19-13(10)12/h6-7,9H,1-5,8H2,(H,15,16). The van der Waals surface area contributed by atoms with Crippen LogP contribution in [0.4, 0.5) is 0 Å². The molecule has 0 amide bonds. The van der Waals surface area contributed by atoms with Crippen molar-refractivity contribution in [2.45, 2.75) is 30.6 Å². The summed E-state index contributed by atoms with van der Waals surface area (Å²) in [5, 5.41) is 9.25. The molecule has 1 aromatic rings. The lowest BCUT2D eigenvalue weighted by molar-refractivity contribution is 0.0691. The lowest BCUT2D eigenvalue weighted by Gasteiger charge is -2.20. The molecule has 1 N–H and O–H groups in total. The van der Waals surface area contributed by atoms with Crippen LogP contribution < -0.4 is 4.74 Å². The molecule has 1 fully saturated rings.